The summed E-state index contributed by atoms with van der Waals surface area (Å²) >= 11 is 0. The molecule has 0 amide bonds. The second-order valence-corrected chi connectivity index (χ2v) is 8.05. The second-order valence-electron chi connectivity index (χ2n) is 8.05. The van der Waals surface area contributed by atoms with Gasteiger partial charge in [0.2, 0.25) is 0 Å². The van der Waals surface area contributed by atoms with E-state index in [0.717, 1.165) is 56.6 Å². The number of nitrogens with zero attached hydrogens (tertiary/aromatic N) is 2. The highest BCUT2D eigenvalue weighted by Crippen LogP contribution is 2.37. The maximum Gasteiger partial charge on any atom is 0.145 e. The molecule has 2 aliphatic heterocycles. The van der Waals surface area contributed by atoms with Crippen molar-refractivity contribution in [2.75, 3.05) is 18.9 Å². The molecule has 5 nitrogen and oxygen atoms in total. The number of benzene rings is 4. The number of fused-ring (bicyclic) bond motifs is 2. The molecule has 0 atom stereocenters. The molecule has 33 heavy (non-hydrogen) atoms. The zero-order valence-corrected chi connectivity index (χ0v) is 17.9. The molecular weight excluding hydrogens is 410 g/mol. The maximum absolute atomic E-state index is 5.97. The highest BCUT2D eigenvalue weighted by atomic mass is 16.5. The number of hydrogen-bond donors (Lipinski definition) is 1. The van der Waals surface area contributed by atoms with E-state index in [9.17, 15) is 0 Å². The van der Waals surface area contributed by atoms with Gasteiger partial charge in [0.15, 0.2) is 0 Å². The first-order valence-electron chi connectivity index (χ1n) is 10.8. The Morgan fingerprint density at radius 3 is 1.94 bits per heavy atom. The van der Waals surface area contributed by atoms with Crippen LogP contribution < -0.4 is 15.2 Å². The maximum atomic E-state index is 5.97. The third kappa shape index (κ3) is 3.74. The summed E-state index contributed by atoms with van der Waals surface area (Å²) in [6.07, 6.45) is 0. The second kappa shape index (κ2) is 7.95. The van der Waals surface area contributed by atoms with Gasteiger partial charge in [0.05, 0.1) is 11.4 Å². The van der Waals surface area contributed by atoms with Crippen molar-refractivity contribution in [1.29, 1.82) is 0 Å². The summed E-state index contributed by atoms with van der Waals surface area (Å²) in [7, 11) is 0. The van der Waals surface area contributed by atoms with E-state index in [0.29, 0.717) is 18.9 Å². The normalized spacial score (nSPS) is 14.2. The smallest absolute Gasteiger partial charge is 0.145 e. The van der Waals surface area contributed by atoms with Crippen molar-refractivity contribution in [3.63, 3.8) is 0 Å². The Kier molecular flexibility index (Phi) is 4.65. The first-order valence-corrected chi connectivity index (χ1v) is 10.8. The van der Waals surface area contributed by atoms with Crippen LogP contribution in [0, 0.1) is 0 Å². The van der Waals surface area contributed by atoms with Crippen LogP contribution in [0.15, 0.2) is 101 Å². The van der Waals surface area contributed by atoms with Crippen molar-refractivity contribution in [3.8, 4) is 22.6 Å². The Morgan fingerprint density at radius 2 is 1.15 bits per heavy atom. The average molecular weight is 431 g/mol. The summed E-state index contributed by atoms with van der Waals surface area (Å²) in [6, 6.07) is 30.1. The molecule has 2 heterocycles. The van der Waals surface area contributed by atoms with Crippen molar-refractivity contribution in [1.82, 2.24) is 0 Å². The van der Waals surface area contributed by atoms with E-state index in [4.69, 9.17) is 25.2 Å². The van der Waals surface area contributed by atoms with Gasteiger partial charge < -0.3 is 15.2 Å². The molecule has 0 bridgehead atoms. The van der Waals surface area contributed by atoms with Gasteiger partial charge in [-0.2, -0.15) is 0 Å². The van der Waals surface area contributed by atoms with E-state index < -0.39 is 0 Å². The lowest BCUT2D eigenvalue weighted by molar-refractivity contribution is 0.373. The third-order valence-corrected chi connectivity index (χ3v) is 5.82. The van der Waals surface area contributed by atoms with Gasteiger partial charge in [0.25, 0.3) is 0 Å². The zero-order valence-electron chi connectivity index (χ0n) is 17.9. The van der Waals surface area contributed by atoms with Crippen LogP contribution in [0.5, 0.6) is 11.5 Å². The predicted molar refractivity (Wildman–Crippen MR) is 133 cm³/mol. The molecule has 0 unspecified atom stereocenters. The highest BCUT2D eigenvalue weighted by Gasteiger charge is 2.17. The van der Waals surface area contributed by atoms with Crippen molar-refractivity contribution in [2.24, 2.45) is 9.98 Å². The van der Waals surface area contributed by atoms with Crippen LogP contribution in [0.4, 0.5) is 17.1 Å². The molecule has 4 aromatic rings. The van der Waals surface area contributed by atoms with Gasteiger partial charge in [-0.05, 0) is 53.1 Å². The van der Waals surface area contributed by atoms with Gasteiger partial charge in [-0.3, -0.25) is 0 Å². The van der Waals surface area contributed by atoms with Gasteiger partial charge in [-0.1, -0.05) is 54.6 Å². The Morgan fingerprint density at radius 1 is 0.545 bits per heavy atom. The van der Waals surface area contributed by atoms with E-state index in [1.165, 1.54) is 0 Å². The molecule has 6 rings (SSSR count). The third-order valence-electron chi connectivity index (χ3n) is 5.82. The molecule has 160 valence electrons. The number of nitrogens with two attached hydrogens (primary N) is 1. The van der Waals surface area contributed by atoms with E-state index in [1.807, 2.05) is 48.5 Å². The molecular formula is C28H21N3O2. The average Bonchev–Trinajstić information content (AvgIpc) is 2.88. The number of nitrogen functional groups attached to an aromatic ring is 1. The van der Waals surface area contributed by atoms with E-state index >= 15 is 0 Å². The summed E-state index contributed by atoms with van der Waals surface area (Å²) < 4.78 is 11.9. The fourth-order valence-corrected chi connectivity index (χ4v) is 4.10. The molecule has 4 aromatic carbocycles. The van der Waals surface area contributed by atoms with Gasteiger partial charge >= 0.3 is 0 Å². The molecule has 0 fully saturated rings. The van der Waals surface area contributed by atoms with Crippen LogP contribution in [0.3, 0.4) is 0 Å². The molecule has 0 saturated heterocycles. The van der Waals surface area contributed by atoms with Crippen LogP contribution in [0.25, 0.3) is 11.1 Å². The summed E-state index contributed by atoms with van der Waals surface area (Å²) in [4.78, 5) is 9.68. The quantitative estimate of drug-likeness (QED) is 0.407. The Bertz CT molecular complexity index is 1420. The molecule has 0 radical (unpaired) electrons. The molecule has 2 aliphatic rings. The molecule has 0 aromatic heterocycles. The van der Waals surface area contributed by atoms with Crippen molar-refractivity contribution in [3.05, 3.63) is 102 Å². The molecule has 0 aliphatic carbocycles. The topological polar surface area (TPSA) is 69.2 Å². The number of anilines is 1. The summed E-state index contributed by atoms with van der Waals surface area (Å²) in [5.74, 6) is 1.56. The summed E-state index contributed by atoms with van der Waals surface area (Å²) in [5, 5.41) is 0. The Labute approximate surface area is 191 Å². The fourth-order valence-electron chi connectivity index (χ4n) is 4.10. The van der Waals surface area contributed by atoms with E-state index in [-0.39, 0.29) is 0 Å². The van der Waals surface area contributed by atoms with Crippen molar-refractivity contribution >= 4 is 28.5 Å². The minimum absolute atomic E-state index is 0.420. The molecule has 0 saturated carbocycles. The highest BCUT2D eigenvalue weighted by molar-refractivity contribution is 6.06. The van der Waals surface area contributed by atoms with Crippen LogP contribution >= 0.6 is 0 Å². The molecule has 5 heteroatoms. The van der Waals surface area contributed by atoms with Crippen molar-refractivity contribution in [2.45, 2.75) is 0 Å². The monoisotopic (exact) mass is 431 g/mol. The first kappa shape index (κ1) is 19.3. The molecule has 0 spiro atoms. The number of hydrogen-bond acceptors (Lipinski definition) is 5. The van der Waals surface area contributed by atoms with Gasteiger partial charge in [-0.25, -0.2) is 9.98 Å². The van der Waals surface area contributed by atoms with E-state index in [2.05, 4.69) is 42.5 Å². The Hall–Kier alpha value is -4.38. The Balaban J connectivity index is 1.35. The van der Waals surface area contributed by atoms with Crippen LogP contribution in [-0.2, 0) is 0 Å². The van der Waals surface area contributed by atoms with Crippen LogP contribution in [0.2, 0.25) is 0 Å². The van der Waals surface area contributed by atoms with Gasteiger partial charge in [-0.15, -0.1) is 0 Å². The van der Waals surface area contributed by atoms with E-state index in [1.54, 1.807) is 0 Å². The van der Waals surface area contributed by atoms with Gasteiger partial charge in [0.1, 0.15) is 36.1 Å². The largest absolute Gasteiger partial charge is 0.485 e. The number of rotatable bonds is 3. The number of ether oxygens (including phenoxy) is 2. The minimum atomic E-state index is 0.420. The first-order chi connectivity index (χ1) is 16.2. The minimum Gasteiger partial charge on any atom is -0.485 e. The fraction of sp³-hybridized carbons (Fsp3) is 0.0714. The van der Waals surface area contributed by atoms with Crippen molar-refractivity contribution < 1.29 is 9.47 Å². The lowest BCUT2D eigenvalue weighted by atomic mass is 9.99. The predicted octanol–water partition coefficient (Wildman–Crippen LogP) is 5.96. The zero-order chi connectivity index (χ0) is 22.2. The molecule has 2 N–H and O–H groups in total. The van der Waals surface area contributed by atoms with Crippen LogP contribution in [-0.4, -0.2) is 24.6 Å². The summed E-state index contributed by atoms with van der Waals surface area (Å²) in [5.41, 5.74) is 14.2. The van der Waals surface area contributed by atoms with Gasteiger partial charge in [0, 0.05) is 11.3 Å². The lowest BCUT2D eigenvalue weighted by Gasteiger charge is -2.19. The number of aliphatic imine (C=N–C) groups is 2. The lowest BCUT2D eigenvalue weighted by Crippen LogP contribution is -2.16. The standard InChI is InChI=1S/C28H21N3O2/c29-22-10-12-28-24(15-22)31-26(17-33-28)21-8-4-7-19(13-21)20-9-11-27-23(14-20)30-25(16-32-27)18-5-2-1-3-6-18/h1-15H,16-17,29H2. The summed E-state index contributed by atoms with van der Waals surface area (Å²) in [6.45, 7) is 0.890. The van der Waals surface area contributed by atoms with Crippen LogP contribution in [0.1, 0.15) is 11.1 Å². The SMILES string of the molecule is Nc1ccc2c(c1)N=C(c1cccc(-c3ccc4c(c3)N=C(c3ccccc3)CO4)c1)CO2.